The molecule has 1 atom stereocenters. The van der Waals surface area contributed by atoms with Gasteiger partial charge < -0.3 is 9.80 Å². The van der Waals surface area contributed by atoms with Gasteiger partial charge in [0.2, 0.25) is 11.8 Å². The number of benzene rings is 1. The molecule has 4 nitrogen and oxygen atoms in total. The number of hydrogen-bond acceptors (Lipinski definition) is 2. The highest BCUT2D eigenvalue weighted by molar-refractivity contribution is 5.87. The Kier molecular flexibility index (Phi) is 4.88. The van der Waals surface area contributed by atoms with Gasteiger partial charge in [-0.25, -0.2) is 8.78 Å². The number of carbonyl (C=O) groups excluding carboxylic acids is 2. The van der Waals surface area contributed by atoms with Crippen molar-refractivity contribution in [3.8, 4) is 0 Å². The number of carbonyl (C=O) groups is 2. The average molecular weight is 348 g/mol. The van der Waals surface area contributed by atoms with E-state index in [1.54, 1.807) is 11.0 Å². The normalized spacial score (nSPS) is 24.4. The second-order valence-corrected chi connectivity index (χ2v) is 6.76. The van der Waals surface area contributed by atoms with Gasteiger partial charge in [0.25, 0.3) is 0 Å². The molecular weight excluding hydrogens is 326 g/mol. The van der Waals surface area contributed by atoms with Crippen molar-refractivity contribution >= 4 is 11.8 Å². The third kappa shape index (κ3) is 3.43. The van der Waals surface area contributed by atoms with Gasteiger partial charge in [-0.15, -0.1) is 0 Å². The van der Waals surface area contributed by atoms with Crippen LogP contribution in [0.2, 0.25) is 0 Å². The summed E-state index contributed by atoms with van der Waals surface area (Å²) >= 11 is 0. The van der Waals surface area contributed by atoms with Crippen LogP contribution in [0, 0.1) is 11.7 Å². The van der Waals surface area contributed by atoms with Crippen LogP contribution in [0.5, 0.6) is 0 Å². The summed E-state index contributed by atoms with van der Waals surface area (Å²) in [5.74, 6) is -1.01. The van der Waals surface area contributed by atoms with Crippen LogP contribution in [0.4, 0.5) is 8.78 Å². The van der Waals surface area contributed by atoms with Gasteiger partial charge in [0.05, 0.1) is 6.54 Å². The quantitative estimate of drug-likeness (QED) is 0.788. The Balaban J connectivity index is 1.63. The monoisotopic (exact) mass is 348 g/mol. The fourth-order valence-electron chi connectivity index (χ4n) is 3.74. The minimum Gasteiger partial charge on any atom is -0.339 e. The highest BCUT2D eigenvalue weighted by Gasteiger charge is 2.44. The maximum Gasteiger partial charge on any atom is 0.245 e. The lowest BCUT2D eigenvalue weighted by atomic mass is 9.93. The molecule has 0 N–H and O–H groups in total. The molecule has 2 amide bonds. The largest absolute Gasteiger partial charge is 0.339 e. The van der Waals surface area contributed by atoms with Gasteiger partial charge >= 0.3 is 0 Å². The van der Waals surface area contributed by atoms with E-state index in [2.05, 4.69) is 6.58 Å². The van der Waals surface area contributed by atoms with Crippen molar-refractivity contribution < 1.29 is 18.4 Å². The molecule has 134 valence electrons. The van der Waals surface area contributed by atoms with Crippen molar-refractivity contribution in [1.82, 2.24) is 9.80 Å². The molecule has 2 aliphatic rings. The summed E-state index contributed by atoms with van der Waals surface area (Å²) in [7, 11) is 0. The number of nitrogens with zero attached hydrogens (tertiary/aromatic N) is 2. The number of likely N-dealkylation sites (tertiary alicyclic amines) is 2. The standard InChI is InChI=1S/C19H22F2N2O2/c1-2-17(24)22-10-7-14(8-11-22)18(25)23-12-9-19(21,13-23)15-5-3-4-6-16(15)20/h2-6,14H,1,7-13H2. The summed E-state index contributed by atoms with van der Waals surface area (Å²) in [6.07, 6.45) is 2.50. The van der Waals surface area contributed by atoms with Crippen molar-refractivity contribution in [3.05, 3.63) is 48.3 Å². The van der Waals surface area contributed by atoms with E-state index in [-0.39, 0.29) is 42.8 Å². The number of hydrogen-bond donors (Lipinski definition) is 0. The van der Waals surface area contributed by atoms with Crippen molar-refractivity contribution in [1.29, 1.82) is 0 Å². The summed E-state index contributed by atoms with van der Waals surface area (Å²) in [6, 6.07) is 5.82. The molecule has 0 spiro atoms. The first-order chi connectivity index (χ1) is 11.9. The Morgan fingerprint density at radius 1 is 1.16 bits per heavy atom. The molecule has 1 unspecified atom stereocenters. The van der Waals surface area contributed by atoms with E-state index in [4.69, 9.17) is 0 Å². The fourth-order valence-corrected chi connectivity index (χ4v) is 3.74. The SMILES string of the molecule is C=CC(=O)N1CCC(C(=O)N2CCC(F)(c3ccccc3F)C2)CC1. The number of alkyl halides is 1. The maximum atomic E-state index is 15.2. The van der Waals surface area contributed by atoms with Crippen LogP contribution in [0.3, 0.4) is 0 Å². The third-order valence-electron chi connectivity index (χ3n) is 5.22. The van der Waals surface area contributed by atoms with E-state index in [0.29, 0.717) is 25.9 Å². The number of halogens is 2. The molecule has 0 bridgehead atoms. The molecule has 6 heteroatoms. The molecule has 0 aromatic heterocycles. The van der Waals surface area contributed by atoms with E-state index in [9.17, 15) is 14.0 Å². The van der Waals surface area contributed by atoms with Gasteiger partial charge in [-0.05, 0) is 25.0 Å². The summed E-state index contributed by atoms with van der Waals surface area (Å²) in [6.45, 7) is 4.65. The Labute approximate surface area is 146 Å². The highest BCUT2D eigenvalue weighted by atomic mass is 19.1. The van der Waals surface area contributed by atoms with Crippen LogP contribution < -0.4 is 0 Å². The molecule has 1 aromatic rings. The molecular formula is C19H22F2N2O2. The topological polar surface area (TPSA) is 40.6 Å². The predicted molar refractivity (Wildman–Crippen MR) is 89.9 cm³/mol. The number of amides is 2. The van der Waals surface area contributed by atoms with Gasteiger partial charge in [0.1, 0.15) is 5.82 Å². The van der Waals surface area contributed by atoms with Crippen molar-refractivity contribution in [2.75, 3.05) is 26.2 Å². The minimum absolute atomic E-state index is 0.0247. The molecule has 2 heterocycles. The van der Waals surface area contributed by atoms with E-state index in [1.165, 1.54) is 29.2 Å². The molecule has 2 saturated heterocycles. The molecule has 0 aliphatic carbocycles. The number of piperidine rings is 1. The fraction of sp³-hybridized carbons (Fsp3) is 0.474. The van der Waals surface area contributed by atoms with Gasteiger partial charge in [0.15, 0.2) is 5.67 Å². The molecule has 2 fully saturated rings. The van der Waals surface area contributed by atoms with Crippen molar-refractivity contribution in [2.45, 2.75) is 24.9 Å². The summed E-state index contributed by atoms with van der Waals surface area (Å²) in [5.41, 5.74) is -1.81. The Morgan fingerprint density at radius 3 is 2.48 bits per heavy atom. The van der Waals surface area contributed by atoms with Crippen LogP contribution in [0.15, 0.2) is 36.9 Å². The zero-order chi connectivity index (χ0) is 18.0. The second kappa shape index (κ2) is 6.94. The molecule has 2 aliphatic heterocycles. The zero-order valence-electron chi connectivity index (χ0n) is 14.1. The van der Waals surface area contributed by atoms with Crippen LogP contribution in [0.1, 0.15) is 24.8 Å². The molecule has 25 heavy (non-hydrogen) atoms. The third-order valence-corrected chi connectivity index (χ3v) is 5.22. The highest BCUT2D eigenvalue weighted by Crippen LogP contribution is 2.38. The smallest absolute Gasteiger partial charge is 0.245 e. The first-order valence-electron chi connectivity index (χ1n) is 8.58. The lowest BCUT2D eigenvalue weighted by molar-refractivity contribution is -0.139. The molecule has 0 saturated carbocycles. The van der Waals surface area contributed by atoms with Gasteiger partial charge in [0, 0.05) is 37.5 Å². The van der Waals surface area contributed by atoms with E-state index >= 15 is 4.39 Å². The van der Waals surface area contributed by atoms with Gasteiger partial charge in [-0.2, -0.15) is 0 Å². The summed E-state index contributed by atoms with van der Waals surface area (Å²) in [5, 5.41) is 0. The Hall–Kier alpha value is -2.24. The van der Waals surface area contributed by atoms with Crippen molar-refractivity contribution in [2.24, 2.45) is 5.92 Å². The maximum absolute atomic E-state index is 15.2. The molecule has 0 radical (unpaired) electrons. The second-order valence-electron chi connectivity index (χ2n) is 6.76. The Morgan fingerprint density at radius 2 is 1.84 bits per heavy atom. The first-order valence-corrected chi connectivity index (χ1v) is 8.58. The lowest BCUT2D eigenvalue weighted by Crippen LogP contribution is -2.44. The molecule has 1 aromatic carbocycles. The van der Waals surface area contributed by atoms with Crippen molar-refractivity contribution in [3.63, 3.8) is 0 Å². The van der Waals surface area contributed by atoms with E-state index < -0.39 is 11.5 Å². The lowest BCUT2D eigenvalue weighted by Gasteiger charge is -2.33. The van der Waals surface area contributed by atoms with Crippen LogP contribution in [-0.2, 0) is 15.3 Å². The zero-order valence-corrected chi connectivity index (χ0v) is 14.1. The summed E-state index contributed by atoms with van der Waals surface area (Å²) in [4.78, 5) is 27.5. The average Bonchev–Trinajstić information content (AvgIpc) is 3.04. The van der Waals surface area contributed by atoms with Crippen LogP contribution in [-0.4, -0.2) is 47.8 Å². The van der Waals surface area contributed by atoms with E-state index in [1.807, 2.05) is 0 Å². The van der Waals surface area contributed by atoms with Crippen LogP contribution >= 0.6 is 0 Å². The van der Waals surface area contributed by atoms with Crippen LogP contribution in [0.25, 0.3) is 0 Å². The minimum atomic E-state index is -1.83. The van der Waals surface area contributed by atoms with Gasteiger partial charge in [-0.3, -0.25) is 9.59 Å². The predicted octanol–water partition coefficient (Wildman–Crippen LogP) is 2.65. The Bertz CT molecular complexity index is 686. The molecule has 3 rings (SSSR count). The summed E-state index contributed by atoms with van der Waals surface area (Å²) < 4.78 is 29.1. The first kappa shape index (κ1) is 17.6. The number of rotatable bonds is 3. The van der Waals surface area contributed by atoms with Gasteiger partial charge in [-0.1, -0.05) is 24.8 Å². The van der Waals surface area contributed by atoms with E-state index in [0.717, 1.165) is 0 Å².